The van der Waals surface area contributed by atoms with Crippen molar-refractivity contribution in [3.8, 4) is 16.9 Å². The molecule has 0 saturated heterocycles. The van der Waals surface area contributed by atoms with Crippen LogP contribution in [-0.4, -0.2) is 65.8 Å². The van der Waals surface area contributed by atoms with E-state index in [9.17, 15) is 18.0 Å². The average Bonchev–Trinajstić information content (AvgIpc) is 3.50. The van der Waals surface area contributed by atoms with Crippen molar-refractivity contribution in [1.82, 2.24) is 15.1 Å². The quantitative estimate of drug-likeness (QED) is 0.129. The van der Waals surface area contributed by atoms with Gasteiger partial charge in [-0.05, 0) is 43.7 Å². The van der Waals surface area contributed by atoms with Crippen molar-refractivity contribution in [2.75, 3.05) is 36.1 Å². The summed E-state index contributed by atoms with van der Waals surface area (Å²) >= 11 is 14.2. The second kappa shape index (κ2) is 15.1. The van der Waals surface area contributed by atoms with E-state index in [2.05, 4.69) is 10.4 Å². The molecule has 0 saturated carbocycles. The number of fused-ring (bicyclic) bond motifs is 1. The number of hydrogen-bond acceptors (Lipinski definition) is 7. The molecule has 0 unspecified atom stereocenters. The Hall–Kier alpha value is -3.62. The SMILES string of the molecule is Cc1c(Cl)cccc1OCCCC(=O)N1CCSc2c(-c3cnn(Cc4c(F)cc(C(=O)NCCS(=O)(=O)O)cc4Cl)c3)cccc21. The summed E-state index contributed by atoms with van der Waals surface area (Å²) in [6.45, 7) is 2.50. The number of aromatic nitrogens is 2. The van der Waals surface area contributed by atoms with Crippen LogP contribution in [0.15, 0.2) is 65.8 Å². The lowest BCUT2D eigenvalue weighted by atomic mass is 10.1. The molecule has 0 spiro atoms. The van der Waals surface area contributed by atoms with Gasteiger partial charge in [0.05, 0.1) is 30.8 Å². The van der Waals surface area contributed by atoms with Gasteiger partial charge in [0.25, 0.3) is 16.0 Å². The number of carbonyl (C=O) groups is 2. The Balaban J connectivity index is 1.24. The maximum Gasteiger partial charge on any atom is 0.266 e. The van der Waals surface area contributed by atoms with Crippen molar-refractivity contribution in [3.63, 3.8) is 0 Å². The summed E-state index contributed by atoms with van der Waals surface area (Å²) in [5, 5.41) is 7.33. The zero-order valence-corrected chi connectivity index (χ0v) is 28.4. The lowest BCUT2D eigenvalue weighted by Crippen LogP contribution is -2.35. The van der Waals surface area contributed by atoms with Crippen molar-refractivity contribution in [3.05, 3.63) is 93.5 Å². The molecule has 0 bridgehead atoms. The van der Waals surface area contributed by atoms with E-state index in [4.69, 9.17) is 32.5 Å². The van der Waals surface area contributed by atoms with Gasteiger partial charge in [0.15, 0.2) is 0 Å². The van der Waals surface area contributed by atoms with E-state index in [-0.39, 0.29) is 35.1 Å². The van der Waals surface area contributed by atoms with Gasteiger partial charge >= 0.3 is 0 Å². The highest BCUT2D eigenvalue weighted by atomic mass is 35.5. The molecule has 1 aromatic heterocycles. The van der Waals surface area contributed by atoms with Crippen LogP contribution in [0.25, 0.3) is 11.1 Å². The molecular weight excluding hydrogens is 690 g/mol. The van der Waals surface area contributed by atoms with Crippen LogP contribution >= 0.6 is 35.0 Å². The Morgan fingerprint density at radius 1 is 1.15 bits per heavy atom. The molecule has 0 aliphatic carbocycles. The highest BCUT2D eigenvalue weighted by Crippen LogP contribution is 2.42. The number of carbonyl (C=O) groups excluding carboxylic acids is 2. The first-order valence-corrected chi connectivity index (χ1v) is 17.9. The van der Waals surface area contributed by atoms with Crippen molar-refractivity contribution in [2.45, 2.75) is 31.2 Å². The van der Waals surface area contributed by atoms with Crippen LogP contribution in [0.2, 0.25) is 10.0 Å². The van der Waals surface area contributed by atoms with Gasteiger partial charge in [-0.25, -0.2) is 4.39 Å². The molecule has 5 rings (SSSR count). The molecule has 0 atom stereocenters. The third kappa shape index (κ3) is 8.65. The second-order valence-corrected chi connectivity index (χ2v) is 14.2. The van der Waals surface area contributed by atoms with E-state index in [0.29, 0.717) is 36.8 Å². The Bertz CT molecular complexity index is 1900. The van der Waals surface area contributed by atoms with E-state index < -0.39 is 27.6 Å². The third-order valence-corrected chi connectivity index (χ3v) is 10.0. The molecule has 3 aromatic carbocycles. The van der Waals surface area contributed by atoms with Gasteiger partial charge < -0.3 is 15.0 Å². The number of halogens is 3. The van der Waals surface area contributed by atoms with Crippen LogP contribution in [-0.2, 0) is 21.5 Å². The zero-order chi connectivity index (χ0) is 33.7. The minimum Gasteiger partial charge on any atom is -0.493 e. The topological polar surface area (TPSA) is 131 Å². The standard InChI is InChI=1S/C32H31Cl2FN4O6S2/c1-20-25(33)6-3-8-29(20)45-12-4-9-30(40)39-11-13-46-31-23(5-2-7-28(31)39)22-17-37-38(18-22)19-24-26(34)15-21(16-27(24)35)32(41)36-10-14-47(42,43)44/h2-3,5-8,15-18H,4,9-14,19H2,1H3,(H,36,41)(H,42,43,44). The number of amides is 2. The summed E-state index contributed by atoms with van der Waals surface area (Å²) in [5.41, 5.74) is 3.37. The Morgan fingerprint density at radius 3 is 2.70 bits per heavy atom. The molecule has 15 heteroatoms. The molecule has 2 N–H and O–H groups in total. The number of nitrogens with zero attached hydrogens (tertiary/aromatic N) is 3. The lowest BCUT2D eigenvalue weighted by molar-refractivity contribution is -0.118. The van der Waals surface area contributed by atoms with Crippen LogP contribution in [0.4, 0.5) is 10.1 Å². The van der Waals surface area contributed by atoms with Crippen molar-refractivity contribution in [2.24, 2.45) is 0 Å². The monoisotopic (exact) mass is 720 g/mol. The largest absolute Gasteiger partial charge is 0.493 e. The van der Waals surface area contributed by atoms with Gasteiger partial charge in [-0.1, -0.05) is 41.4 Å². The Morgan fingerprint density at radius 2 is 1.94 bits per heavy atom. The molecular formula is C32H31Cl2FN4O6S2. The van der Waals surface area contributed by atoms with Crippen LogP contribution < -0.4 is 15.0 Å². The number of benzene rings is 3. The first-order chi connectivity index (χ1) is 22.4. The summed E-state index contributed by atoms with van der Waals surface area (Å²) in [6, 6.07) is 13.5. The molecule has 1 aliphatic heterocycles. The minimum atomic E-state index is -4.26. The van der Waals surface area contributed by atoms with E-state index >= 15 is 4.39 Å². The molecule has 0 radical (unpaired) electrons. The van der Waals surface area contributed by atoms with Crippen molar-refractivity contribution < 1.29 is 31.7 Å². The first kappa shape index (κ1) is 34.7. The Kier molecular flexibility index (Phi) is 11.1. The Labute approximate surface area is 285 Å². The fourth-order valence-electron chi connectivity index (χ4n) is 5.05. The van der Waals surface area contributed by atoms with Crippen molar-refractivity contribution >= 4 is 62.6 Å². The summed E-state index contributed by atoms with van der Waals surface area (Å²) < 4.78 is 53.0. The van der Waals surface area contributed by atoms with Crippen LogP contribution in [0.1, 0.15) is 34.3 Å². The number of ether oxygens (including phenoxy) is 1. The first-order valence-electron chi connectivity index (χ1n) is 14.6. The van der Waals surface area contributed by atoms with E-state index in [0.717, 1.165) is 39.1 Å². The third-order valence-electron chi connectivity index (χ3n) is 7.47. The maximum atomic E-state index is 15.1. The van der Waals surface area contributed by atoms with Gasteiger partial charge in [0, 0.05) is 74.2 Å². The molecule has 47 heavy (non-hydrogen) atoms. The van der Waals surface area contributed by atoms with Gasteiger partial charge in [-0.2, -0.15) is 13.5 Å². The molecule has 248 valence electrons. The smallest absolute Gasteiger partial charge is 0.266 e. The number of hydrogen-bond donors (Lipinski definition) is 2. The van der Waals surface area contributed by atoms with E-state index in [1.165, 1.54) is 10.7 Å². The highest BCUT2D eigenvalue weighted by Gasteiger charge is 2.25. The summed E-state index contributed by atoms with van der Waals surface area (Å²) in [6.07, 6.45) is 4.30. The van der Waals surface area contributed by atoms with Crippen LogP contribution in [0.3, 0.4) is 0 Å². The van der Waals surface area contributed by atoms with Gasteiger partial charge in [0.2, 0.25) is 5.91 Å². The second-order valence-electron chi connectivity index (χ2n) is 10.7. The molecule has 10 nitrogen and oxygen atoms in total. The summed E-state index contributed by atoms with van der Waals surface area (Å²) in [7, 11) is -4.26. The van der Waals surface area contributed by atoms with Gasteiger partial charge in [0.1, 0.15) is 11.6 Å². The molecule has 0 fully saturated rings. The van der Waals surface area contributed by atoms with Crippen LogP contribution in [0, 0.1) is 12.7 Å². The van der Waals surface area contributed by atoms with Gasteiger partial charge in [-0.15, -0.1) is 11.8 Å². The number of anilines is 1. The van der Waals surface area contributed by atoms with Gasteiger partial charge in [-0.3, -0.25) is 18.8 Å². The normalized spacial score (nSPS) is 12.9. The number of nitrogens with one attached hydrogen (secondary N) is 1. The average molecular weight is 722 g/mol. The molecule has 2 heterocycles. The number of thioether (sulfide) groups is 1. The highest BCUT2D eigenvalue weighted by molar-refractivity contribution is 7.99. The molecule has 1 aliphatic rings. The number of rotatable bonds is 12. The summed E-state index contributed by atoms with van der Waals surface area (Å²) in [5.74, 6) is -0.709. The fraction of sp³-hybridized carbons (Fsp3) is 0.281. The predicted octanol–water partition coefficient (Wildman–Crippen LogP) is 6.27. The van der Waals surface area contributed by atoms with E-state index in [1.54, 1.807) is 35.1 Å². The van der Waals surface area contributed by atoms with Crippen LogP contribution in [0.5, 0.6) is 5.75 Å². The van der Waals surface area contributed by atoms with Crippen molar-refractivity contribution in [1.29, 1.82) is 0 Å². The lowest BCUT2D eigenvalue weighted by Gasteiger charge is -2.30. The molecule has 4 aromatic rings. The summed E-state index contributed by atoms with van der Waals surface area (Å²) in [4.78, 5) is 28.4. The molecule has 2 amide bonds. The predicted molar refractivity (Wildman–Crippen MR) is 181 cm³/mol. The minimum absolute atomic E-state index is 0.00289. The fourth-order valence-corrected chi connectivity index (χ4v) is 6.99. The van der Waals surface area contributed by atoms with E-state index in [1.807, 2.05) is 37.3 Å². The maximum absolute atomic E-state index is 15.1. The zero-order valence-electron chi connectivity index (χ0n) is 25.2.